The molecule has 0 bridgehead atoms. The number of hydrogen-bond donors (Lipinski definition) is 0. The molecule has 2 rings (SSSR count). The Labute approximate surface area is 106 Å². The van der Waals surface area contributed by atoms with Gasteiger partial charge in [-0.25, -0.2) is 14.4 Å². The van der Waals surface area contributed by atoms with Crippen LogP contribution < -0.4 is 0 Å². The summed E-state index contributed by atoms with van der Waals surface area (Å²) < 4.78 is 50.4. The van der Waals surface area contributed by atoms with Gasteiger partial charge in [0.05, 0.1) is 6.54 Å². The van der Waals surface area contributed by atoms with Gasteiger partial charge in [-0.05, 0) is 18.9 Å². The summed E-state index contributed by atoms with van der Waals surface area (Å²) in [6, 6.07) is 1.10. The van der Waals surface area contributed by atoms with Crippen molar-refractivity contribution in [1.29, 1.82) is 0 Å². The molecule has 4 nitrogen and oxygen atoms in total. The summed E-state index contributed by atoms with van der Waals surface area (Å²) in [7, 11) is 0. The number of carbonyl (C=O) groups excluding carboxylic acids is 1. The summed E-state index contributed by atoms with van der Waals surface area (Å²) >= 11 is 0. The smallest absolute Gasteiger partial charge is 0.334 e. The first-order valence-corrected chi connectivity index (χ1v) is 5.71. The number of piperidine rings is 1. The largest absolute Gasteiger partial charge is 0.451 e. The van der Waals surface area contributed by atoms with E-state index < -0.39 is 24.1 Å². The fourth-order valence-corrected chi connectivity index (χ4v) is 1.89. The Kier molecular flexibility index (Phi) is 3.68. The minimum absolute atomic E-state index is 0.107. The fourth-order valence-electron chi connectivity index (χ4n) is 1.89. The molecule has 2 heterocycles. The van der Waals surface area contributed by atoms with E-state index in [1.165, 1.54) is 4.90 Å². The van der Waals surface area contributed by atoms with E-state index in [0.29, 0.717) is 19.4 Å². The highest BCUT2D eigenvalue weighted by molar-refractivity contribution is 5.92. The minimum atomic E-state index is -4.71. The van der Waals surface area contributed by atoms with Crippen molar-refractivity contribution in [1.82, 2.24) is 14.9 Å². The van der Waals surface area contributed by atoms with Crippen LogP contribution in [0.5, 0.6) is 0 Å². The van der Waals surface area contributed by atoms with Gasteiger partial charge in [-0.3, -0.25) is 4.79 Å². The van der Waals surface area contributed by atoms with Gasteiger partial charge in [-0.1, -0.05) is 0 Å². The monoisotopic (exact) mass is 277 g/mol. The van der Waals surface area contributed by atoms with Gasteiger partial charge in [0.15, 0.2) is 0 Å². The van der Waals surface area contributed by atoms with Gasteiger partial charge in [0, 0.05) is 12.7 Å². The topological polar surface area (TPSA) is 46.1 Å². The number of aromatic nitrogens is 2. The van der Waals surface area contributed by atoms with Gasteiger partial charge in [0.25, 0.3) is 5.91 Å². The van der Waals surface area contributed by atoms with Crippen molar-refractivity contribution in [3.8, 4) is 0 Å². The molecule has 8 heteroatoms. The summed E-state index contributed by atoms with van der Waals surface area (Å²) in [6.07, 6.45) is -4.12. The van der Waals surface area contributed by atoms with Gasteiger partial charge in [-0.15, -0.1) is 0 Å². The number of likely N-dealkylation sites (tertiary alicyclic amines) is 1. The number of hydrogen-bond acceptors (Lipinski definition) is 3. The normalized spacial score (nSPS) is 20.4. The second kappa shape index (κ2) is 5.10. The Morgan fingerprint density at radius 3 is 2.79 bits per heavy atom. The molecule has 1 atom stereocenters. The van der Waals surface area contributed by atoms with E-state index in [9.17, 15) is 22.4 Å². The molecular formula is C11H11F4N3O. The molecule has 104 valence electrons. The summed E-state index contributed by atoms with van der Waals surface area (Å²) in [5, 5.41) is 0. The maximum Gasteiger partial charge on any atom is 0.451 e. The maximum absolute atomic E-state index is 13.2. The van der Waals surface area contributed by atoms with Gasteiger partial charge < -0.3 is 4.90 Å². The second-order valence-electron chi connectivity index (χ2n) is 4.25. The van der Waals surface area contributed by atoms with Crippen LogP contribution in [-0.4, -0.2) is 40.0 Å². The number of halogens is 4. The van der Waals surface area contributed by atoms with Crippen molar-refractivity contribution in [2.45, 2.75) is 25.2 Å². The molecule has 0 aliphatic carbocycles. The lowest BCUT2D eigenvalue weighted by atomic mass is 10.1. The van der Waals surface area contributed by atoms with Gasteiger partial charge in [-0.2, -0.15) is 13.2 Å². The molecule has 0 radical (unpaired) electrons. The van der Waals surface area contributed by atoms with Crippen LogP contribution in [0.1, 0.15) is 29.2 Å². The highest BCUT2D eigenvalue weighted by Gasteiger charge is 2.35. The zero-order chi connectivity index (χ0) is 14.0. The molecule has 1 aromatic rings. The molecule has 1 unspecified atom stereocenters. The molecular weight excluding hydrogens is 266 g/mol. The van der Waals surface area contributed by atoms with Crippen molar-refractivity contribution in [3.63, 3.8) is 0 Å². The van der Waals surface area contributed by atoms with Gasteiger partial charge >= 0.3 is 6.18 Å². The van der Waals surface area contributed by atoms with Gasteiger partial charge in [0.1, 0.15) is 11.9 Å². The molecule has 1 aromatic heterocycles. The first-order valence-electron chi connectivity index (χ1n) is 5.71. The van der Waals surface area contributed by atoms with E-state index >= 15 is 0 Å². The molecule has 0 saturated carbocycles. The predicted octanol–water partition coefficient (Wildman–Crippen LogP) is 2.07. The quantitative estimate of drug-likeness (QED) is 0.738. The molecule has 0 aromatic carbocycles. The lowest BCUT2D eigenvalue weighted by molar-refractivity contribution is -0.145. The van der Waals surface area contributed by atoms with E-state index in [1.54, 1.807) is 0 Å². The van der Waals surface area contributed by atoms with Crippen molar-refractivity contribution in [2.24, 2.45) is 0 Å². The van der Waals surface area contributed by atoms with Crippen LogP contribution in [0.25, 0.3) is 0 Å². The Bertz CT molecular complexity index is 477. The second-order valence-corrected chi connectivity index (χ2v) is 4.25. The highest BCUT2D eigenvalue weighted by Crippen LogP contribution is 2.26. The molecule has 19 heavy (non-hydrogen) atoms. The first kappa shape index (κ1) is 13.7. The molecule has 1 amide bonds. The summed E-state index contributed by atoms with van der Waals surface area (Å²) in [6.45, 7) is 0.217. The van der Waals surface area contributed by atoms with E-state index in [-0.39, 0.29) is 12.2 Å². The number of carbonyl (C=O) groups is 1. The average Bonchev–Trinajstić information content (AvgIpc) is 2.37. The molecule has 0 N–H and O–H groups in total. The number of nitrogens with zero attached hydrogens (tertiary/aromatic N) is 3. The fraction of sp³-hybridized carbons (Fsp3) is 0.545. The summed E-state index contributed by atoms with van der Waals surface area (Å²) in [4.78, 5) is 19.4. The maximum atomic E-state index is 13.2. The molecule has 1 aliphatic heterocycles. The molecule has 0 spiro atoms. The van der Waals surface area contributed by atoms with Crippen molar-refractivity contribution in [3.05, 3.63) is 23.8 Å². The van der Waals surface area contributed by atoms with Crippen molar-refractivity contribution >= 4 is 5.91 Å². The molecule has 1 aliphatic rings. The van der Waals surface area contributed by atoms with E-state index in [2.05, 4.69) is 9.97 Å². The lowest BCUT2D eigenvalue weighted by Crippen LogP contribution is -2.41. The Balaban J connectivity index is 2.19. The van der Waals surface area contributed by atoms with E-state index in [4.69, 9.17) is 0 Å². The van der Waals surface area contributed by atoms with Crippen LogP contribution >= 0.6 is 0 Å². The van der Waals surface area contributed by atoms with Crippen molar-refractivity contribution < 1.29 is 22.4 Å². The summed E-state index contributed by atoms with van der Waals surface area (Å²) in [5.41, 5.74) is -0.364. The number of alkyl halides is 4. The number of amides is 1. The van der Waals surface area contributed by atoms with Crippen LogP contribution in [0, 0.1) is 0 Å². The molecule has 1 saturated heterocycles. The third kappa shape index (κ3) is 3.18. The van der Waals surface area contributed by atoms with Crippen LogP contribution in [0.15, 0.2) is 12.3 Å². The Hall–Kier alpha value is -1.73. The minimum Gasteiger partial charge on any atom is -0.334 e. The predicted molar refractivity (Wildman–Crippen MR) is 57.1 cm³/mol. The third-order valence-electron chi connectivity index (χ3n) is 2.78. The van der Waals surface area contributed by atoms with E-state index in [1.807, 2.05) is 0 Å². The van der Waals surface area contributed by atoms with Crippen LogP contribution in [-0.2, 0) is 6.18 Å². The standard InChI is InChI=1S/C11H11F4N3O/c12-7-2-1-5-18(6-7)9(19)8-3-4-16-10(17-8)11(13,14)15/h3-4,7H,1-2,5-6H2. The van der Waals surface area contributed by atoms with Crippen molar-refractivity contribution in [2.75, 3.05) is 13.1 Å². The van der Waals surface area contributed by atoms with Gasteiger partial charge in [0.2, 0.25) is 5.82 Å². The third-order valence-corrected chi connectivity index (χ3v) is 2.78. The van der Waals surface area contributed by atoms with Crippen LogP contribution in [0.3, 0.4) is 0 Å². The SMILES string of the molecule is O=C(c1ccnc(C(F)(F)F)n1)N1CCCC(F)C1. The lowest BCUT2D eigenvalue weighted by Gasteiger charge is -2.28. The molecule has 1 fully saturated rings. The Morgan fingerprint density at radius 2 is 2.16 bits per heavy atom. The zero-order valence-corrected chi connectivity index (χ0v) is 9.82. The first-order chi connectivity index (χ1) is 8.88. The van der Waals surface area contributed by atoms with Crippen LogP contribution in [0.2, 0.25) is 0 Å². The summed E-state index contributed by atoms with van der Waals surface area (Å²) in [5.74, 6) is -2.07. The van der Waals surface area contributed by atoms with E-state index in [0.717, 1.165) is 12.3 Å². The zero-order valence-electron chi connectivity index (χ0n) is 9.82. The van der Waals surface area contributed by atoms with Crippen LogP contribution in [0.4, 0.5) is 17.6 Å². The Morgan fingerprint density at radius 1 is 1.42 bits per heavy atom. The highest BCUT2D eigenvalue weighted by atomic mass is 19.4. The average molecular weight is 277 g/mol. The number of rotatable bonds is 1.